The van der Waals surface area contributed by atoms with Gasteiger partial charge in [-0.05, 0) is 19.1 Å². The van der Waals surface area contributed by atoms with Gasteiger partial charge in [-0.3, -0.25) is 0 Å². The highest BCUT2D eigenvalue weighted by Gasteiger charge is 2.15. The van der Waals surface area contributed by atoms with Crippen molar-refractivity contribution in [2.24, 2.45) is 0 Å². The van der Waals surface area contributed by atoms with Crippen molar-refractivity contribution >= 4 is 16.0 Å². The Hall–Kier alpha value is -2.13. The molecule has 0 amide bonds. The van der Waals surface area contributed by atoms with Gasteiger partial charge in [0.15, 0.2) is 0 Å². The van der Waals surface area contributed by atoms with Crippen molar-refractivity contribution in [1.82, 2.24) is 24.9 Å². The van der Waals surface area contributed by atoms with E-state index in [1.165, 1.54) is 18.6 Å². The summed E-state index contributed by atoms with van der Waals surface area (Å²) in [6, 6.07) is 3.37. The molecule has 0 aliphatic rings. The van der Waals surface area contributed by atoms with E-state index < -0.39 is 10.0 Å². The molecule has 2 aromatic heterocycles. The molecule has 20 heavy (non-hydrogen) atoms. The highest BCUT2D eigenvalue weighted by atomic mass is 32.2. The van der Waals surface area contributed by atoms with Crippen LogP contribution in [0.2, 0.25) is 0 Å². The number of rotatable bonds is 6. The van der Waals surface area contributed by atoms with Gasteiger partial charge in [0.1, 0.15) is 4.90 Å². The molecule has 106 valence electrons. The molecule has 0 radical (unpaired) electrons. The van der Waals surface area contributed by atoms with Gasteiger partial charge in [-0.25, -0.2) is 23.1 Å². The van der Waals surface area contributed by atoms with Crippen molar-refractivity contribution in [1.29, 1.82) is 0 Å². The Labute approximate surface area is 116 Å². The maximum absolute atomic E-state index is 12.0. The molecule has 0 bridgehead atoms. The summed E-state index contributed by atoms with van der Waals surface area (Å²) >= 11 is 0. The minimum absolute atomic E-state index is 0.00282. The van der Waals surface area contributed by atoms with Gasteiger partial charge in [-0.1, -0.05) is 0 Å². The molecule has 2 aromatic rings. The molecule has 2 rings (SSSR count). The fraction of sp³-hybridized carbons (Fsp3) is 0.273. The van der Waals surface area contributed by atoms with Gasteiger partial charge in [0.05, 0.1) is 24.6 Å². The molecule has 0 unspecified atom stereocenters. The predicted octanol–water partition coefficient (Wildman–Crippen LogP) is 0.177. The third-order valence-electron chi connectivity index (χ3n) is 2.34. The quantitative estimate of drug-likeness (QED) is 0.781. The van der Waals surface area contributed by atoms with E-state index in [9.17, 15) is 8.42 Å². The number of hydrogen-bond acceptors (Lipinski definition) is 7. The first kappa shape index (κ1) is 14.3. The van der Waals surface area contributed by atoms with E-state index in [2.05, 4.69) is 30.2 Å². The topological polar surface area (TPSA) is 110 Å². The normalized spacial score (nSPS) is 11.2. The monoisotopic (exact) mass is 294 g/mol. The third-order valence-corrected chi connectivity index (χ3v) is 3.70. The van der Waals surface area contributed by atoms with Crippen LogP contribution in [0.4, 0.5) is 5.95 Å². The second-order valence-corrected chi connectivity index (χ2v) is 5.58. The van der Waals surface area contributed by atoms with Crippen LogP contribution in [0.5, 0.6) is 0 Å². The van der Waals surface area contributed by atoms with Crippen molar-refractivity contribution in [3.05, 3.63) is 36.4 Å². The van der Waals surface area contributed by atoms with E-state index in [1.54, 1.807) is 12.1 Å². The van der Waals surface area contributed by atoms with Crippen molar-refractivity contribution in [3.8, 4) is 0 Å². The number of sulfonamides is 1. The second-order valence-electron chi connectivity index (χ2n) is 3.81. The standard InChI is InChI=1S/C11H14N6O2S/c1-2-12-11-13-7-10(8-14-11)20(18,19)16-6-9-4-3-5-15-17-9/h3-5,7-8,16H,2,6H2,1H3,(H,12,13,14). The number of anilines is 1. The van der Waals surface area contributed by atoms with Crippen LogP contribution < -0.4 is 10.0 Å². The first-order chi connectivity index (χ1) is 9.62. The average molecular weight is 294 g/mol. The number of nitrogens with one attached hydrogen (secondary N) is 2. The molecule has 9 heteroatoms. The van der Waals surface area contributed by atoms with Gasteiger partial charge < -0.3 is 5.32 Å². The zero-order valence-corrected chi connectivity index (χ0v) is 11.6. The van der Waals surface area contributed by atoms with Crippen LogP contribution in [0.15, 0.2) is 35.6 Å². The van der Waals surface area contributed by atoms with Crippen LogP contribution in [0.3, 0.4) is 0 Å². The summed E-state index contributed by atoms with van der Waals surface area (Å²) in [7, 11) is -3.66. The average Bonchev–Trinajstić information content (AvgIpc) is 2.47. The Balaban J connectivity index is 2.06. The SMILES string of the molecule is CCNc1ncc(S(=O)(=O)NCc2cccnn2)cn1. The lowest BCUT2D eigenvalue weighted by atomic mass is 10.4. The number of nitrogens with zero attached hydrogens (tertiary/aromatic N) is 4. The van der Waals surface area contributed by atoms with Crippen LogP contribution in [-0.2, 0) is 16.6 Å². The Morgan fingerprint density at radius 2 is 2.00 bits per heavy atom. The Bertz CT molecular complexity index is 644. The molecule has 2 heterocycles. The summed E-state index contributed by atoms with van der Waals surface area (Å²) in [6.45, 7) is 2.62. The van der Waals surface area contributed by atoms with E-state index in [-0.39, 0.29) is 11.4 Å². The van der Waals surface area contributed by atoms with E-state index in [4.69, 9.17) is 0 Å². The molecular weight excluding hydrogens is 280 g/mol. The van der Waals surface area contributed by atoms with Crippen LogP contribution in [0.25, 0.3) is 0 Å². The highest BCUT2D eigenvalue weighted by molar-refractivity contribution is 7.89. The van der Waals surface area contributed by atoms with Gasteiger partial charge in [0.25, 0.3) is 0 Å². The molecule has 2 N–H and O–H groups in total. The third kappa shape index (κ3) is 3.68. The fourth-order valence-corrected chi connectivity index (χ4v) is 2.27. The molecule has 0 atom stereocenters. The Kier molecular flexibility index (Phi) is 4.53. The van der Waals surface area contributed by atoms with E-state index >= 15 is 0 Å². The van der Waals surface area contributed by atoms with Gasteiger partial charge in [0, 0.05) is 12.7 Å². The van der Waals surface area contributed by atoms with Gasteiger partial charge in [-0.15, -0.1) is 0 Å². The Morgan fingerprint density at radius 1 is 1.25 bits per heavy atom. The van der Waals surface area contributed by atoms with Crippen LogP contribution >= 0.6 is 0 Å². The number of aromatic nitrogens is 4. The summed E-state index contributed by atoms with van der Waals surface area (Å²) in [5, 5.41) is 10.4. The van der Waals surface area contributed by atoms with E-state index in [0.29, 0.717) is 18.2 Å². The second kappa shape index (κ2) is 6.35. The summed E-state index contributed by atoms with van der Waals surface area (Å²) in [5.41, 5.74) is 0.529. The van der Waals surface area contributed by atoms with E-state index in [0.717, 1.165) is 0 Å². The first-order valence-corrected chi connectivity index (χ1v) is 7.42. The lowest BCUT2D eigenvalue weighted by Gasteiger charge is -2.06. The number of hydrogen-bond donors (Lipinski definition) is 2. The molecule has 0 fully saturated rings. The van der Waals surface area contributed by atoms with Crippen molar-refractivity contribution in [3.63, 3.8) is 0 Å². The molecule has 0 aliphatic heterocycles. The summed E-state index contributed by atoms with van der Waals surface area (Å²) < 4.78 is 26.4. The molecular formula is C11H14N6O2S. The smallest absolute Gasteiger partial charge is 0.244 e. The van der Waals surface area contributed by atoms with E-state index in [1.807, 2.05) is 6.92 Å². The minimum atomic E-state index is -3.66. The summed E-state index contributed by atoms with van der Waals surface area (Å²) in [4.78, 5) is 7.84. The largest absolute Gasteiger partial charge is 0.355 e. The zero-order valence-electron chi connectivity index (χ0n) is 10.8. The maximum Gasteiger partial charge on any atom is 0.244 e. The first-order valence-electron chi connectivity index (χ1n) is 5.94. The minimum Gasteiger partial charge on any atom is -0.355 e. The van der Waals surface area contributed by atoms with Gasteiger partial charge in [0.2, 0.25) is 16.0 Å². The van der Waals surface area contributed by atoms with Gasteiger partial charge >= 0.3 is 0 Å². The predicted molar refractivity (Wildman–Crippen MR) is 72.3 cm³/mol. The summed E-state index contributed by atoms with van der Waals surface area (Å²) in [6.07, 6.45) is 4.03. The summed E-state index contributed by atoms with van der Waals surface area (Å²) in [5.74, 6) is 0.389. The molecule has 0 aromatic carbocycles. The van der Waals surface area contributed by atoms with Crippen molar-refractivity contribution in [2.45, 2.75) is 18.4 Å². The molecule has 8 nitrogen and oxygen atoms in total. The molecule has 0 spiro atoms. The lowest BCUT2D eigenvalue weighted by molar-refractivity contribution is 0.579. The fourth-order valence-electron chi connectivity index (χ4n) is 1.38. The van der Waals surface area contributed by atoms with Crippen LogP contribution in [-0.4, -0.2) is 35.1 Å². The van der Waals surface area contributed by atoms with Crippen molar-refractivity contribution in [2.75, 3.05) is 11.9 Å². The molecule has 0 saturated carbocycles. The highest BCUT2D eigenvalue weighted by Crippen LogP contribution is 2.07. The van der Waals surface area contributed by atoms with Gasteiger partial charge in [-0.2, -0.15) is 10.2 Å². The molecule has 0 saturated heterocycles. The lowest BCUT2D eigenvalue weighted by Crippen LogP contribution is -2.24. The van der Waals surface area contributed by atoms with Crippen molar-refractivity contribution < 1.29 is 8.42 Å². The molecule has 0 aliphatic carbocycles. The van der Waals surface area contributed by atoms with Crippen LogP contribution in [0.1, 0.15) is 12.6 Å². The maximum atomic E-state index is 12.0. The zero-order chi connectivity index (χ0) is 14.4. The van der Waals surface area contributed by atoms with Crippen LogP contribution in [0, 0.1) is 0 Å². The Morgan fingerprint density at radius 3 is 2.60 bits per heavy atom.